The second kappa shape index (κ2) is 13.7. The fourth-order valence-electron chi connectivity index (χ4n) is 7.36. The zero-order chi connectivity index (χ0) is 32.4. The summed E-state index contributed by atoms with van der Waals surface area (Å²) in [5.74, 6) is 0.403. The maximum Gasteiger partial charge on any atom is 0.305 e. The van der Waals surface area contributed by atoms with Gasteiger partial charge in [0.25, 0.3) is 5.91 Å². The van der Waals surface area contributed by atoms with E-state index >= 15 is 0 Å². The average molecular weight is 700 g/mol. The zero-order valence-electron chi connectivity index (χ0n) is 26.7. The third-order valence-electron chi connectivity index (χ3n) is 9.63. The monoisotopic (exact) mass is 698 g/mol. The van der Waals surface area contributed by atoms with Crippen LogP contribution in [0.5, 0.6) is 5.75 Å². The standard InChI is InChI=1S/C33H43BrN4O6Si/c1-22-31(45(4,5)26-12-10-25(42-2)11-13-26)29(15-18-37-21-24(16-19-39)35-36-37)44-33(22)27-20-23(34)9-14-28(27)38(32(33)41)17-7-6-8-30(40)43-3/h9-14,20-22,29,31,39H,6-8,15-19H2,1-5H3/t22-,29+,31-,33+/m1/s1. The van der Waals surface area contributed by atoms with Gasteiger partial charge in [-0.1, -0.05) is 58.5 Å². The molecule has 0 saturated carbocycles. The summed E-state index contributed by atoms with van der Waals surface area (Å²) in [6.07, 6.45) is 4.38. The van der Waals surface area contributed by atoms with Crippen molar-refractivity contribution in [2.75, 3.05) is 32.3 Å². The highest BCUT2D eigenvalue weighted by atomic mass is 79.9. The minimum Gasteiger partial charge on any atom is -0.497 e. The number of nitrogens with zero attached hydrogens (tertiary/aromatic N) is 4. The van der Waals surface area contributed by atoms with Crippen molar-refractivity contribution in [3.63, 3.8) is 0 Å². The molecule has 1 aromatic heterocycles. The van der Waals surface area contributed by atoms with E-state index in [1.54, 1.807) is 11.8 Å². The molecule has 0 aliphatic carbocycles. The molecule has 0 radical (unpaired) electrons. The lowest BCUT2D eigenvalue weighted by molar-refractivity contribution is -0.146. The Balaban J connectivity index is 1.51. The van der Waals surface area contributed by atoms with E-state index in [-0.39, 0.29) is 36.0 Å². The van der Waals surface area contributed by atoms with Crippen LogP contribution in [0.2, 0.25) is 18.6 Å². The van der Waals surface area contributed by atoms with Crippen molar-refractivity contribution in [2.24, 2.45) is 5.92 Å². The summed E-state index contributed by atoms with van der Waals surface area (Å²) in [6, 6.07) is 14.3. The van der Waals surface area contributed by atoms with E-state index in [0.717, 1.165) is 27.2 Å². The number of halogens is 1. The number of esters is 1. The van der Waals surface area contributed by atoms with E-state index in [1.165, 1.54) is 12.3 Å². The molecule has 1 fully saturated rings. The number of hydrogen-bond donors (Lipinski definition) is 1. The van der Waals surface area contributed by atoms with E-state index in [2.05, 4.69) is 58.4 Å². The van der Waals surface area contributed by atoms with Crippen molar-refractivity contribution in [2.45, 2.75) is 75.9 Å². The van der Waals surface area contributed by atoms with Gasteiger partial charge in [-0.3, -0.25) is 14.3 Å². The molecular formula is C33H43BrN4O6Si. The van der Waals surface area contributed by atoms with Gasteiger partial charge in [-0.05, 0) is 55.1 Å². The number of carbonyl (C=O) groups is 2. The van der Waals surface area contributed by atoms with Crippen LogP contribution < -0.4 is 14.8 Å². The van der Waals surface area contributed by atoms with Gasteiger partial charge in [0.2, 0.25) is 0 Å². The number of fused-ring (bicyclic) bond motifs is 2. The van der Waals surface area contributed by atoms with Gasteiger partial charge < -0.3 is 24.2 Å². The first kappa shape index (κ1) is 33.3. The Bertz CT molecular complexity index is 1520. The molecule has 5 rings (SSSR count). The van der Waals surface area contributed by atoms with Crippen LogP contribution in [0.3, 0.4) is 0 Å². The van der Waals surface area contributed by atoms with Crippen molar-refractivity contribution in [1.29, 1.82) is 0 Å². The van der Waals surface area contributed by atoms with Gasteiger partial charge in [0.1, 0.15) is 5.75 Å². The molecule has 1 N–H and O–H groups in total. The topological polar surface area (TPSA) is 116 Å². The highest BCUT2D eigenvalue weighted by molar-refractivity contribution is 9.10. The quantitative estimate of drug-likeness (QED) is 0.157. The molecule has 242 valence electrons. The Morgan fingerprint density at radius 3 is 2.58 bits per heavy atom. The molecule has 10 nitrogen and oxygen atoms in total. The lowest BCUT2D eigenvalue weighted by atomic mass is 9.82. The van der Waals surface area contributed by atoms with Gasteiger partial charge in [-0.2, -0.15) is 0 Å². The van der Waals surface area contributed by atoms with Gasteiger partial charge in [0.15, 0.2) is 5.60 Å². The van der Waals surface area contributed by atoms with E-state index in [0.29, 0.717) is 45.2 Å². The number of methoxy groups -OCH3 is 2. The molecule has 1 saturated heterocycles. The van der Waals surface area contributed by atoms with Gasteiger partial charge in [-0.15, -0.1) is 5.10 Å². The van der Waals surface area contributed by atoms with Gasteiger partial charge in [0, 0.05) is 54.7 Å². The first-order valence-corrected chi connectivity index (χ1v) is 19.4. The molecular weight excluding hydrogens is 656 g/mol. The van der Waals surface area contributed by atoms with Crippen LogP contribution in [0.15, 0.2) is 53.1 Å². The Morgan fingerprint density at radius 2 is 1.89 bits per heavy atom. The number of ether oxygens (including phenoxy) is 3. The molecule has 3 heterocycles. The minimum atomic E-state index is -2.27. The van der Waals surface area contributed by atoms with Crippen molar-refractivity contribution >= 4 is 46.8 Å². The van der Waals surface area contributed by atoms with Gasteiger partial charge in [0.05, 0.1) is 39.8 Å². The summed E-state index contributed by atoms with van der Waals surface area (Å²) in [5, 5.41) is 19.1. The third kappa shape index (κ3) is 6.34. The normalized spacial score (nSPS) is 22.7. The molecule has 0 bridgehead atoms. The van der Waals surface area contributed by atoms with Crippen LogP contribution in [-0.2, 0) is 37.6 Å². The molecule has 1 spiro atoms. The number of aryl methyl sites for hydroxylation is 1. The molecule has 2 aliphatic heterocycles. The minimum absolute atomic E-state index is 0.0183. The number of benzene rings is 2. The van der Waals surface area contributed by atoms with Crippen molar-refractivity contribution in [3.05, 3.63) is 64.4 Å². The first-order valence-electron chi connectivity index (χ1n) is 15.6. The van der Waals surface area contributed by atoms with Crippen molar-refractivity contribution in [1.82, 2.24) is 15.0 Å². The van der Waals surface area contributed by atoms with E-state index < -0.39 is 13.7 Å². The van der Waals surface area contributed by atoms with Crippen LogP contribution in [-0.4, -0.2) is 73.5 Å². The van der Waals surface area contributed by atoms with E-state index in [4.69, 9.17) is 14.2 Å². The summed E-state index contributed by atoms with van der Waals surface area (Å²) in [6.45, 7) is 8.00. The maximum absolute atomic E-state index is 14.7. The molecule has 4 atom stereocenters. The molecule has 3 aromatic rings. The number of hydrogen-bond acceptors (Lipinski definition) is 8. The lowest BCUT2D eigenvalue weighted by Gasteiger charge is -2.37. The SMILES string of the molecule is COC(=O)CCCCN1C(=O)[C@@]2(O[C@@H](CCn3cc(CCO)nn3)[C@H]([Si](C)(C)c3ccc(OC)cc3)[C@H]2C)c2cc(Br)ccc21. The number of amides is 1. The molecule has 12 heteroatoms. The predicted molar refractivity (Wildman–Crippen MR) is 177 cm³/mol. The number of rotatable bonds is 13. The molecule has 2 aromatic carbocycles. The third-order valence-corrected chi connectivity index (χ3v) is 14.5. The second-order valence-electron chi connectivity index (χ2n) is 12.5. The highest BCUT2D eigenvalue weighted by Crippen LogP contribution is 2.60. The largest absolute Gasteiger partial charge is 0.497 e. The summed E-state index contributed by atoms with van der Waals surface area (Å²) in [5.41, 5.74) is 1.45. The number of carbonyl (C=O) groups excluding carboxylic acids is 2. The fourth-order valence-corrected chi connectivity index (χ4v) is 11.8. The number of anilines is 1. The summed E-state index contributed by atoms with van der Waals surface area (Å²) in [4.78, 5) is 28.3. The molecule has 45 heavy (non-hydrogen) atoms. The zero-order valence-corrected chi connectivity index (χ0v) is 29.2. The summed E-state index contributed by atoms with van der Waals surface area (Å²) >= 11 is 3.66. The molecule has 2 aliphatic rings. The number of aromatic nitrogens is 3. The van der Waals surface area contributed by atoms with E-state index in [9.17, 15) is 14.7 Å². The lowest BCUT2D eigenvalue weighted by Crippen LogP contribution is -2.52. The Kier molecular flexibility index (Phi) is 10.2. The van der Waals surface area contributed by atoms with Gasteiger partial charge in [-0.25, -0.2) is 0 Å². The van der Waals surface area contributed by atoms with Gasteiger partial charge >= 0.3 is 5.97 Å². The van der Waals surface area contributed by atoms with Crippen molar-refractivity contribution in [3.8, 4) is 5.75 Å². The molecule has 0 unspecified atom stereocenters. The summed E-state index contributed by atoms with van der Waals surface area (Å²) < 4.78 is 20.1. The van der Waals surface area contributed by atoms with Crippen LogP contribution in [0.25, 0.3) is 0 Å². The number of unbranched alkanes of at least 4 members (excludes halogenated alkanes) is 1. The Labute approximate surface area is 274 Å². The maximum atomic E-state index is 14.7. The van der Waals surface area contributed by atoms with Crippen LogP contribution in [0, 0.1) is 5.92 Å². The molecule has 1 amide bonds. The Hall–Kier alpha value is -3.06. The highest BCUT2D eigenvalue weighted by Gasteiger charge is 2.66. The number of aliphatic hydroxyl groups excluding tert-OH is 1. The average Bonchev–Trinajstić information content (AvgIpc) is 3.68. The Morgan fingerprint density at radius 1 is 1.13 bits per heavy atom. The first-order chi connectivity index (χ1) is 21.6. The van der Waals surface area contributed by atoms with Crippen LogP contribution >= 0.6 is 15.9 Å². The second-order valence-corrected chi connectivity index (χ2v) is 18.1. The smallest absolute Gasteiger partial charge is 0.305 e. The number of aliphatic hydroxyl groups is 1. The van der Waals surface area contributed by atoms with E-state index in [1.807, 2.05) is 41.4 Å². The predicted octanol–water partition coefficient (Wildman–Crippen LogP) is 4.58. The van der Waals surface area contributed by atoms with Crippen LogP contribution in [0.4, 0.5) is 5.69 Å². The van der Waals surface area contributed by atoms with Crippen molar-refractivity contribution < 1.29 is 28.9 Å². The summed E-state index contributed by atoms with van der Waals surface area (Å²) in [7, 11) is 0.787. The fraction of sp³-hybridized carbons (Fsp3) is 0.515. The van der Waals surface area contributed by atoms with Crippen LogP contribution in [0.1, 0.15) is 43.9 Å².